The molecular formula is C17H25NO3. The van der Waals surface area contributed by atoms with E-state index < -0.39 is 5.60 Å². The predicted octanol–water partition coefficient (Wildman–Crippen LogP) is 3.62. The van der Waals surface area contributed by atoms with Crippen LogP contribution in [0.4, 0.5) is 5.69 Å². The third kappa shape index (κ3) is 3.76. The van der Waals surface area contributed by atoms with Gasteiger partial charge in [0.05, 0.1) is 7.11 Å². The molecule has 1 fully saturated rings. The lowest BCUT2D eigenvalue weighted by molar-refractivity contribution is -0.147. The largest absolute Gasteiger partial charge is 0.497 e. The maximum Gasteiger partial charge on any atom is 0.256 e. The van der Waals surface area contributed by atoms with Crippen LogP contribution in [0.5, 0.6) is 5.75 Å². The molecule has 1 aromatic rings. The number of rotatable bonds is 5. The van der Waals surface area contributed by atoms with Crippen molar-refractivity contribution in [2.75, 3.05) is 19.0 Å². The highest BCUT2D eigenvalue weighted by Crippen LogP contribution is 2.36. The van der Waals surface area contributed by atoms with Crippen molar-refractivity contribution in [2.45, 2.75) is 45.1 Å². The van der Waals surface area contributed by atoms with Crippen LogP contribution in [0.2, 0.25) is 0 Å². The van der Waals surface area contributed by atoms with Gasteiger partial charge < -0.3 is 14.8 Å². The van der Waals surface area contributed by atoms with Crippen molar-refractivity contribution in [2.24, 2.45) is 5.92 Å². The van der Waals surface area contributed by atoms with Gasteiger partial charge in [0.2, 0.25) is 0 Å². The highest BCUT2D eigenvalue weighted by molar-refractivity contribution is 5.97. The third-order valence-corrected chi connectivity index (χ3v) is 4.14. The second-order valence-electron chi connectivity index (χ2n) is 5.81. The van der Waals surface area contributed by atoms with Crippen LogP contribution in [0, 0.1) is 5.92 Å². The normalized spacial score (nSPS) is 25.4. The van der Waals surface area contributed by atoms with E-state index in [0.717, 1.165) is 30.7 Å². The maximum atomic E-state index is 12.7. The van der Waals surface area contributed by atoms with Crippen molar-refractivity contribution in [3.8, 4) is 5.75 Å². The fourth-order valence-electron chi connectivity index (χ4n) is 3.10. The van der Waals surface area contributed by atoms with Crippen molar-refractivity contribution < 1.29 is 14.3 Å². The first-order chi connectivity index (χ1) is 10.1. The molecule has 1 aliphatic rings. The predicted molar refractivity (Wildman–Crippen MR) is 83.6 cm³/mol. The quantitative estimate of drug-likeness (QED) is 0.901. The van der Waals surface area contributed by atoms with Crippen LogP contribution in [-0.2, 0) is 9.53 Å². The van der Waals surface area contributed by atoms with E-state index in [-0.39, 0.29) is 5.91 Å². The van der Waals surface area contributed by atoms with Crippen LogP contribution in [0.1, 0.15) is 39.5 Å². The number of carbonyl (C=O) groups excluding carboxylic acids is 1. The van der Waals surface area contributed by atoms with Gasteiger partial charge >= 0.3 is 0 Å². The van der Waals surface area contributed by atoms with Crippen LogP contribution in [-0.4, -0.2) is 25.2 Å². The molecule has 0 heterocycles. The van der Waals surface area contributed by atoms with E-state index in [9.17, 15) is 4.79 Å². The minimum atomic E-state index is -0.674. The second-order valence-corrected chi connectivity index (χ2v) is 5.81. The van der Waals surface area contributed by atoms with Gasteiger partial charge in [-0.15, -0.1) is 0 Å². The van der Waals surface area contributed by atoms with Crippen molar-refractivity contribution in [1.82, 2.24) is 0 Å². The highest BCUT2D eigenvalue weighted by atomic mass is 16.5. The molecule has 2 rings (SSSR count). The van der Waals surface area contributed by atoms with Gasteiger partial charge in [-0.05, 0) is 56.4 Å². The van der Waals surface area contributed by atoms with Crippen molar-refractivity contribution in [3.63, 3.8) is 0 Å². The smallest absolute Gasteiger partial charge is 0.256 e. The van der Waals surface area contributed by atoms with Gasteiger partial charge in [-0.2, -0.15) is 0 Å². The molecule has 0 aromatic heterocycles. The number of methoxy groups -OCH3 is 1. The molecule has 2 atom stereocenters. The number of hydrogen-bond acceptors (Lipinski definition) is 3. The molecular weight excluding hydrogens is 266 g/mol. The number of anilines is 1. The fraction of sp³-hybridized carbons (Fsp3) is 0.588. The Morgan fingerprint density at radius 2 is 2.10 bits per heavy atom. The molecule has 0 aliphatic heterocycles. The Hall–Kier alpha value is -1.55. The van der Waals surface area contributed by atoms with Gasteiger partial charge in [0.15, 0.2) is 0 Å². The zero-order chi connectivity index (χ0) is 15.3. The van der Waals surface area contributed by atoms with E-state index in [2.05, 4.69) is 12.2 Å². The summed E-state index contributed by atoms with van der Waals surface area (Å²) in [6.07, 6.45) is 3.80. The number of amides is 1. The molecule has 0 spiro atoms. The van der Waals surface area contributed by atoms with E-state index in [1.807, 2.05) is 31.2 Å². The number of ether oxygens (including phenoxy) is 2. The summed E-state index contributed by atoms with van der Waals surface area (Å²) in [5.74, 6) is 1.27. The van der Waals surface area contributed by atoms with E-state index in [1.54, 1.807) is 7.11 Å². The maximum absolute atomic E-state index is 12.7. The number of carbonyl (C=O) groups is 1. The molecule has 1 aromatic carbocycles. The molecule has 1 saturated carbocycles. The van der Waals surface area contributed by atoms with Crippen LogP contribution < -0.4 is 10.1 Å². The van der Waals surface area contributed by atoms with Crippen LogP contribution >= 0.6 is 0 Å². The van der Waals surface area contributed by atoms with Crippen molar-refractivity contribution in [3.05, 3.63) is 24.3 Å². The Morgan fingerprint density at radius 3 is 2.67 bits per heavy atom. The first-order valence-electron chi connectivity index (χ1n) is 7.69. The average Bonchev–Trinajstić information content (AvgIpc) is 2.48. The van der Waals surface area contributed by atoms with Gasteiger partial charge in [-0.3, -0.25) is 4.79 Å². The first-order valence-corrected chi connectivity index (χ1v) is 7.69. The summed E-state index contributed by atoms with van der Waals surface area (Å²) in [6, 6.07) is 7.38. The molecule has 0 saturated heterocycles. The Labute approximate surface area is 126 Å². The SMILES string of the molecule is CCO[C@@]1(C(=O)Nc2ccc(OC)cc2)CCC[C@@H](C)C1. The van der Waals surface area contributed by atoms with Crippen LogP contribution in [0.15, 0.2) is 24.3 Å². The highest BCUT2D eigenvalue weighted by Gasteiger charge is 2.42. The molecule has 4 heteroatoms. The van der Waals surface area contributed by atoms with Crippen LogP contribution in [0.25, 0.3) is 0 Å². The van der Waals surface area contributed by atoms with Gasteiger partial charge in [0.25, 0.3) is 5.91 Å². The summed E-state index contributed by atoms with van der Waals surface area (Å²) in [7, 11) is 1.63. The zero-order valence-corrected chi connectivity index (χ0v) is 13.1. The Kier molecular flexibility index (Phi) is 5.23. The molecule has 0 radical (unpaired) electrons. The Balaban J connectivity index is 2.10. The molecule has 21 heavy (non-hydrogen) atoms. The van der Waals surface area contributed by atoms with Crippen molar-refractivity contribution >= 4 is 11.6 Å². The minimum Gasteiger partial charge on any atom is -0.497 e. The number of benzene rings is 1. The lowest BCUT2D eigenvalue weighted by Crippen LogP contribution is -2.48. The molecule has 1 aliphatic carbocycles. The second kappa shape index (κ2) is 6.94. The average molecular weight is 291 g/mol. The Bertz CT molecular complexity index is 467. The zero-order valence-electron chi connectivity index (χ0n) is 13.1. The summed E-state index contributed by atoms with van der Waals surface area (Å²) in [5, 5.41) is 2.99. The lowest BCUT2D eigenvalue weighted by Gasteiger charge is -2.38. The monoisotopic (exact) mass is 291 g/mol. The molecule has 4 nitrogen and oxygen atoms in total. The van der Waals surface area contributed by atoms with Gasteiger partial charge in [-0.1, -0.05) is 13.3 Å². The third-order valence-electron chi connectivity index (χ3n) is 4.14. The van der Waals surface area contributed by atoms with E-state index >= 15 is 0 Å². The van der Waals surface area contributed by atoms with Crippen LogP contribution in [0.3, 0.4) is 0 Å². The topological polar surface area (TPSA) is 47.6 Å². The summed E-state index contributed by atoms with van der Waals surface area (Å²) in [4.78, 5) is 12.7. The number of nitrogens with one attached hydrogen (secondary N) is 1. The van der Waals surface area contributed by atoms with E-state index in [1.165, 1.54) is 6.42 Å². The minimum absolute atomic E-state index is 0.0268. The molecule has 1 amide bonds. The van der Waals surface area contributed by atoms with Gasteiger partial charge in [-0.25, -0.2) is 0 Å². The Morgan fingerprint density at radius 1 is 1.38 bits per heavy atom. The molecule has 0 bridgehead atoms. The summed E-state index contributed by atoms with van der Waals surface area (Å²) in [5.41, 5.74) is 0.102. The lowest BCUT2D eigenvalue weighted by atomic mass is 9.78. The number of hydrogen-bond donors (Lipinski definition) is 1. The molecule has 0 unspecified atom stereocenters. The summed E-state index contributed by atoms with van der Waals surface area (Å²) < 4.78 is 11.0. The van der Waals surface area contributed by atoms with E-state index in [4.69, 9.17) is 9.47 Å². The summed E-state index contributed by atoms with van der Waals surface area (Å²) in [6.45, 7) is 4.69. The van der Waals surface area contributed by atoms with Crippen molar-refractivity contribution in [1.29, 1.82) is 0 Å². The standard InChI is InChI=1S/C17H25NO3/c1-4-21-17(11-5-6-13(2)12-17)16(19)18-14-7-9-15(20-3)10-8-14/h7-10,13H,4-6,11-12H2,1-3H3,(H,18,19)/t13-,17+/m1/s1. The molecule has 1 N–H and O–H groups in total. The first kappa shape index (κ1) is 15.8. The van der Waals surface area contributed by atoms with Gasteiger partial charge in [0.1, 0.15) is 11.4 Å². The van der Waals surface area contributed by atoms with E-state index in [0.29, 0.717) is 12.5 Å². The fourth-order valence-corrected chi connectivity index (χ4v) is 3.10. The molecule has 116 valence electrons. The summed E-state index contributed by atoms with van der Waals surface area (Å²) >= 11 is 0. The van der Waals surface area contributed by atoms with Gasteiger partial charge in [0, 0.05) is 12.3 Å².